The van der Waals surface area contributed by atoms with E-state index in [4.69, 9.17) is 4.74 Å². The molecule has 8 heteroatoms. The van der Waals surface area contributed by atoms with E-state index >= 15 is 0 Å². The maximum atomic E-state index is 12.0. The van der Waals surface area contributed by atoms with Crippen molar-refractivity contribution in [2.45, 2.75) is 0 Å². The first-order valence-corrected chi connectivity index (χ1v) is 5.14. The van der Waals surface area contributed by atoms with Crippen LogP contribution in [0.2, 0.25) is 0 Å². The number of nitro groups is 1. The predicted octanol–water partition coefficient (Wildman–Crippen LogP) is -0.199. The van der Waals surface area contributed by atoms with Crippen LogP contribution in [-0.2, 0) is 11.8 Å². The Morgan fingerprint density at radius 2 is 2.18 bits per heavy atom. The van der Waals surface area contributed by atoms with Gasteiger partial charge in [0.2, 0.25) is 5.69 Å². The van der Waals surface area contributed by atoms with Crippen molar-refractivity contribution < 1.29 is 14.5 Å². The molecule has 1 aliphatic rings. The van der Waals surface area contributed by atoms with Crippen LogP contribution in [0.1, 0.15) is 10.5 Å². The van der Waals surface area contributed by atoms with E-state index in [-0.39, 0.29) is 11.4 Å². The van der Waals surface area contributed by atoms with Crippen LogP contribution >= 0.6 is 0 Å². The third-order valence-electron chi connectivity index (χ3n) is 2.51. The summed E-state index contributed by atoms with van der Waals surface area (Å²) in [5, 5.41) is 14.6. The molecular formula is C9H12N4O4. The summed E-state index contributed by atoms with van der Waals surface area (Å²) in [7, 11) is 1.54. The Kier molecular flexibility index (Phi) is 3.05. The molecule has 0 N–H and O–H groups in total. The van der Waals surface area contributed by atoms with E-state index in [0.717, 1.165) is 0 Å². The predicted molar refractivity (Wildman–Crippen MR) is 56.6 cm³/mol. The number of ether oxygens (including phenoxy) is 1. The van der Waals surface area contributed by atoms with Crippen molar-refractivity contribution >= 4 is 11.6 Å². The number of rotatable bonds is 2. The smallest absolute Gasteiger partial charge is 0.320 e. The fraction of sp³-hybridized carbons (Fsp3) is 0.556. The molecule has 1 aromatic rings. The van der Waals surface area contributed by atoms with Gasteiger partial charge in [-0.1, -0.05) is 0 Å². The van der Waals surface area contributed by atoms with Crippen molar-refractivity contribution in [3.05, 3.63) is 22.0 Å². The van der Waals surface area contributed by atoms with E-state index in [1.165, 1.54) is 15.8 Å². The molecule has 0 bridgehead atoms. The molecule has 0 aliphatic carbocycles. The van der Waals surface area contributed by atoms with Crippen molar-refractivity contribution in [3.63, 3.8) is 0 Å². The zero-order valence-corrected chi connectivity index (χ0v) is 9.33. The van der Waals surface area contributed by atoms with Gasteiger partial charge in [0.15, 0.2) is 0 Å². The Labute approximate surface area is 96.9 Å². The maximum absolute atomic E-state index is 12.0. The van der Waals surface area contributed by atoms with Crippen LogP contribution in [0.15, 0.2) is 6.20 Å². The Hall–Kier alpha value is -1.96. The summed E-state index contributed by atoms with van der Waals surface area (Å²) in [6.45, 7) is 1.78. The molecule has 0 spiro atoms. The summed E-state index contributed by atoms with van der Waals surface area (Å²) < 4.78 is 6.38. The Morgan fingerprint density at radius 1 is 1.53 bits per heavy atom. The van der Waals surface area contributed by atoms with Gasteiger partial charge in [-0.15, -0.1) is 0 Å². The minimum Gasteiger partial charge on any atom is -0.378 e. The summed E-state index contributed by atoms with van der Waals surface area (Å²) in [5.74, 6) is -0.416. The van der Waals surface area contributed by atoms with Gasteiger partial charge >= 0.3 is 5.69 Å². The van der Waals surface area contributed by atoms with Gasteiger partial charge in [-0.05, 0) is 0 Å². The minimum absolute atomic E-state index is 0.112. The first-order chi connectivity index (χ1) is 8.09. The molecule has 92 valence electrons. The number of carbonyl (C=O) groups excluding carboxylic acids is 1. The maximum Gasteiger partial charge on any atom is 0.320 e. The molecule has 1 aromatic heterocycles. The van der Waals surface area contributed by atoms with Gasteiger partial charge in [-0.25, -0.2) is 0 Å². The van der Waals surface area contributed by atoms with Gasteiger partial charge in [0.25, 0.3) is 5.91 Å². The van der Waals surface area contributed by atoms with Crippen LogP contribution < -0.4 is 0 Å². The van der Waals surface area contributed by atoms with Gasteiger partial charge in [-0.3, -0.25) is 19.6 Å². The van der Waals surface area contributed by atoms with Crippen molar-refractivity contribution in [1.82, 2.24) is 14.7 Å². The van der Waals surface area contributed by atoms with E-state index in [2.05, 4.69) is 5.10 Å². The van der Waals surface area contributed by atoms with Gasteiger partial charge in [-0.2, -0.15) is 5.10 Å². The first kappa shape index (κ1) is 11.5. The summed E-state index contributed by atoms with van der Waals surface area (Å²) >= 11 is 0. The van der Waals surface area contributed by atoms with Gasteiger partial charge in [0, 0.05) is 20.1 Å². The van der Waals surface area contributed by atoms with E-state index in [1.54, 1.807) is 7.05 Å². The molecule has 0 aromatic carbocycles. The third kappa shape index (κ3) is 2.26. The summed E-state index contributed by atoms with van der Waals surface area (Å²) in [6, 6.07) is 0. The van der Waals surface area contributed by atoms with Gasteiger partial charge in [0.1, 0.15) is 6.20 Å². The van der Waals surface area contributed by atoms with Crippen molar-refractivity contribution in [1.29, 1.82) is 0 Å². The SMILES string of the molecule is Cn1cc([N+](=O)[O-])c(C(=O)N2CCOCC2)n1. The molecule has 2 rings (SSSR count). The fourth-order valence-corrected chi connectivity index (χ4v) is 1.68. The zero-order valence-electron chi connectivity index (χ0n) is 9.33. The lowest BCUT2D eigenvalue weighted by atomic mass is 10.3. The number of amides is 1. The molecule has 1 aliphatic heterocycles. The number of aromatic nitrogens is 2. The second kappa shape index (κ2) is 4.50. The highest BCUT2D eigenvalue weighted by molar-refractivity contribution is 5.96. The molecular weight excluding hydrogens is 228 g/mol. The molecule has 1 amide bonds. The van der Waals surface area contributed by atoms with E-state index in [1.807, 2.05) is 0 Å². The van der Waals surface area contributed by atoms with Crippen LogP contribution in [-0.4, -0.2) is 51.8 Å². The Bertz CT molecular complexity index is 450. The van der Waals surface area contributed by atoms with E-state index < -0.39 is 10.8 Å². The highest BCUT2D eigenvalue weighted by atomic mass is 16.6. The lowest BCUT2D eigenvalue weighted by Crippen LogP contribution is -2.41. The zero-order chi connectivity index (χ0) is 12.4. The number of aryl methyl sites for hydroxylation is 1. The fourth-order valence-electron chi connectivity index (χ4n) is 1.68. The number of morpholine rings is 1. The van der Waals surface area contributed by atoms with Crippen LogP contribution in [0.4, 0.5) is 5.69 Å². The molecule has 1 fully saturated rings. The third-order valence-corrected chi connectivity index (χ3v) is 2.51. The largest absolute Gasteiger partial charge is 0.378 e. The number of carbonyl (C=O) groups is 1. The van der Waals surface area contributed by atoms with Gasteiger partial charge < -0.3 is 9.64 Å². The Balaban J connectivity index is 2.26. The number of nitrogens with zero attached hydrogens (tertiary/aromatic N) is 4. The lowest BCUT2D eigenvalue weighted by molar-refractivity contribution is -0.385. The first-order valence-electron chi connectivity index (χ1n) is 5.14. The molecule has 0 unspecified atom stereocenters. The monoisotopic (exact) mass is 240 g/mol. The normalized spacial score (nSPS) is 15.9. The average Bonchev–Trinajstić information content (AvgIpc) is 2.72. The summed E-state index contributed by atoms with van der Waals surface area (Å²) in [6.07, 6.45) is 1.23. The lowest BCUT2D eigenvalue weighted by Gasteiger charge is -2.25. The molecule has 0 radical (unpaired) electrons. The minimum atomic E-state index is -0.597. The van der Waals surface area contributed by atoms with Crippen LogP contribution in [0.3, 0.4) is 0 Å². The quantitative estimate of drug-likeness (QED) is 0.527. The van der Waals surface area contributed by atoms with Crippen LogP contribution in [0.5, 0.6) is 0 Å². The van der Waals surface area contributed by atoms with Crippen LogP contribution in [0.25, 0.3) is 0 Å². The highest BCUT2D eigenvalue weighted by Crippen LogP contribution is 2.18. The molecule has 2 heterocycles. The standard InChI is InChI=1S/C9H12N4O4/c1-11-6-7(13(15)16)8(10-11)9(14)12-2-4-17-5-3-12/h6H,2-5H2,1H3. The molecule has 0 saturated carbocycles. The van der Waals surface area contributed by atoms with E-state index in [0.29, 0.717) is 26.3 Å². The molecule has 0 atom stereocenters. The molecule has 1 saturated heterocycles. The topological polar surface area (TPSA) is 90.5 Å². The molecule has 8 nitrogen and oxygen atoms in total. The molecule has 17 heavy (non-hydrogen) atoms. The Morgan fingerprint density at radius 3 is 2.76 bits per heavy atom. The van der Waals surface area contributed by atoms with Crippen molar-refractivity contribution in [2.24, 2.45) is 7.05 Å². The number of hydrogen-bond donors (Lipinski definition) is 0. The second-order valence-electron chi connectivity index (χ2n) is 3.70. The summed E-state index contributed by atoms with van der Waals surface area (Å²) in [5.41, 5.74) is -0.372. The van der Waals surface area contributed by atoms with Crippen LogP contribution in [0, 0.1) is 10.1 Å². The highest BCUT2D eigenvalue weighted by Gasteiger charge is 2.29. The average molecular weight is 240 g/mol. The summed E-state index contributed by atoms with van der Waals surface area (Å²) in [4.78, 5) is 23.7. The van der Waals surface area contributed by atoms with Crippen molar-refractivity contribution in [3.8, 4) is 0 Å². The van der Waals surface area contributed by atoms with E-state index in [9.17, 15) is 14.9 Å². The van der Waals surface area contributed by atoms with Crippen molar-refractivity contribution in [2.75, 3.05) is 26.3 Å². The number of hydrogen-bond acceptors (Lipinski definition) is 5. The van der Waals surface area contributed by atoms with Gasteiger partial charge in [0.05, 0.1) is 18.1 Å². The second-order valence-corrected chi connectivity index (χ2v) is 3.70.